The van der Waals surface area contributed by atoms with E-state index in [2.05, 4.69) is 123 Å². The first kappa shape index (κ1) is 99.8. The number of phosphoric ester groups is 2. The monoisotopic (exact) mass is 1500 g/mol. The first-order chi connectivity index (χ1) is 50.9. The lowest BCUT2D eigenvalue weighted by molar-refractivity contribution is -0.155. The number of carbonyl (C=O) groups is 4. The predicted molar refractivity (Wildman–Crippen MR) is 427 cm³/mol. The van der Waals surface area contributed by atoms with E-state index in [9.17, 15) is 43.2 Å². The number of aliphatic hydroxyl groups is 1. The second-order valence-electron chi connectivity index (χ2n) is 26.9. The molecule has 0 aromatic heterocycles. The molecule has 0 aliphatic carbocycles. The van der Waals surface area contributed by atoms with Gasteiger partial charge in [-0.2, -0.15) is 0 Å². The summed E-state index contributed by atoms with van der Waals surface area (Å²) in [5.41, 5.74) is 0. The zero-order chi connectivity index (χ0) is 75.7. The summed E-state index contributed by atoms with van der Waals surface area (Å²) in [4.78, 5) is 68.3. The Balaban J connectivity index is 5.33. The molecule has 0 aromatic carbocycles. The molecule has 0 fully saturated rings. The average molecular weight is 1500 g/mol. The van der Waals surface area contributed by atoms with Crippen LogP contribution in [-0.4, -0.2) is 111 Å². The van der Waals surface area contributed by atoms with Crippen LogP contribution in [0.15, 0.2) is 122 Å². The highest BCUT2D eigenvalue weighted by Gasteiger charge is 2.30. The molecule has 0 saturated carbocycles. The SMILES string of the molecule is CCCCC/C=C\C/C=C\C/C=C\C/C=C\CCCC(=O)O[C@H](COCCCCCCCCC/C=C\CCCCCCC=O)COP(=O)(O)OCC(O)COP(=O)(O)OC[C@@H](COCCCCCCCCC/C=C\CCCCCCC=O)OC(=O)CCC/C=C\C/C=C\C/C=C\C/C=C\CCCCC. The number of esters is 2. The second kappa shape index (κ2) is 79.8. The molecule has 4 atom stereocenters. The Kier molecular flexibility index (Phi) is 76.6. The minimum Gasteiger partial charge on any atom is -0.457 e. The number of rotatable bonds is 80. The Morgan fingerprint density at radius 1 is 0.298 bits per heavy atom. The van der Waals surface area contributed by atoms with Gasteiger partial charge >= 0.3 is 27.6 Å². The van der Waals surface area contributed by atoms with Crippen LogP contribution in [-0.2, 0) is 65.4 Å². The van der Waals surface area contributed by atoms with Gasteiger partial charge in [-0.1, -0.05) is 251 Å². The molecule has 598 valence electrons. The Hall–Kier alpha value is -4.22. The lowest BCUT2D eigenvalue weighted by Gasteiger charge is -2.21. The average Bonchev–Trinajstić information content (AvgIpc) is 0.932. The maximum atomic E-state index is 13.1. The first-order valence-corrected chi connectivity index (χ1v) is 43.7. The van der Waals surface area contributed by atoms with Gasteiger partial charge in [0.2, 0.25) is 0 Å². The quantitative estimate of drug-likeness (QED) is 0.0169. The van der Waals surface area contributed by atoms with Crippen LogP contribution >= 0.6 is 15.6 Å². The third kappa shape index (κ3) is 78.8. The van der Waals surface area contributed by atoms with E-state index in [0.717, 1.165) is 180 Å². The number of carbonyl (C=O) groups excluding carboxylic acids is 4. The lowest BCUT2D eigenvalue weighted by Crippen LogP contribution is -2.29. The molecular formula is C85H146O17P2. The highest BCUT2D eigenvalue weighted by atomic mass is 31.2. The van der Waals surface area contributed by atoms with Gasteiger partial charge < -0.3 is 43.4 Å². The molecule has 19 heteroatoms. The van der Waals surface area contributed by atoms with Crippen LogP contribution in [0.4, 0.5) is 0 Å². The third-order valence-electron chi connectivity index (χ3n) is 16.9. The molecule has 0 saturated heterocycles. The van der Waals surface area contributed by atoms with E-state index in [0.29, 0.717) is 51.7 Å². The standard InChI is InChI=1S/C85H146O17P2/c1-3-5-7-9-11-13-15-17-19-21-27-33-39-45-51-57-63-69-84(89)101-82(77-95-73-67-61-55-49-43-37-31-25-23-29-35-41-47-53-59-65-71-86)79-99-103(91,92)97-75-81(88)76-98-104(93,94)100-80-83(78-96-74-68-62-56-50-44-38-32-26-24-30-36-42-48-54-60-66-72-87)102-85(90)70-64-58-52-46-40-34-28-22-20-18-16-14-12-10-8-6-4-2/h11-14,17-20,23-24,27-30,33-34,45-46,51-52,71-72,81-83,88H,3-10,15-16,21-22,25-26,31-32,35-44,47-50,53-70,73-80H2,1-2H3,(H,91,92)(H,93,94)/b13-11-,14-12-,19-17-,20-18-,29-23-,30-24-,33-27-,34-28-,51-45-,52-46-/t82-,83-/m1/s1. The van der Waals surface area contributed by atoms with Gasteiger partial charge in [-0.15, -0.1) is 0 Å². The molecule has 0 rings (SSSR count). The van der Waals surface area contributed by atoms with Crippen LogP contribution in [0, 0.1) is 0 Å². The maximum Gasteiger partial charge on any atom is 0.472 e. The normalized spacial score (nSPS) is 14.5. The van der Waals surface area contributed by atoms with Crippen molar-refractivity contribution in [2.24, 2.45) is 0 Å². The highest BCUT2D eigenvalue weighted by molar-refractivity contribution is 7.47. The summed E-state index contributed by atoms with van der Waals surface area (Å²) in [6, 6.07) is 0. The molecule has 0 heterocycles. The molecule has 0 aromatic rings. The van der Waals surface area contributed by atoms with Crippen LogP contribution in [0.3, 0.4) is 0 Å². The van der Waals surface area contributed by atoms with Crippen molar-refractivity contribution in [2.45, 2.75) is 340 Å². The number of allylic oxidation sites excluding steroid dienone is 20. The van der Waals surface area contributed by atoms with Gasteiger partial charge in [0.15, 0.2) is 0 Å². The Labute approximate surface area is 632 Å². The van der Waals surface area contributed by atoms with E-state index in [1.54, 1.807) is 0 Å². The number of unbranched alkanes of at least 4 members (excludes halogenated alkanes) is 32. The van der Waals surface area contributed by atoms with Crippen LogP contribution in [0.2, 0.25) is 0 Å². The Morgan fingerprint density at radius 3 is 0.817 bits per heavy atom. The second-order valence-corrected chi connectivity index (χ2v) is 29.8. The summed E-state index contributed by atoms with van der Waals surface area (Å²) in [5, 5.41) is 10.7. The number of hydrogen-bond donors (Lipinski definition) is 3. The number of aliphatic hydroxyl groups excluding tert-OH is 1. The number of hydrogen-bond acceptors (Lipinski definition) is 15. The Bertz CT molecular complexity index is 2220. The fourth-order valence-electron chi connectivity index (χ4n) is 10.7. The smallest absolute Gasteiger partial charge is 0.457 e. The zero-order valence-corrected chi connectivity index (χ0v) is 66.8. The lowest BCUT2D eigenvalue weighted by atomic mass is 10.1. The van der Waals surface area contributed by atoms with E-state index in [-0.39, 0.29) is 26.1 Å². The molecule has 0 aliphatic rings. The van der Waals surface area contributed by atoms with Gasteiger partial charge in [0, 0.05) is 38.9 Å². The van der Waals surface area contributed by atoms with Crippen molar-refractivity contribution in [2.75, 3.05) is 52.9 Å². The predicted octanol–water partition coefficient (Wildman–Crippen LogP) is 23.2. The maximum absolute atomic E-state index is 13.1. The van der Waals surface area contributed by atoms with E-state index in [1.165, 1.54) is 89.9 Å². The molecule has 3 N–H and O–H groups in total. The van der Waals surface area contributed by atoms with Gasteiger partial charge in [-0.3, -0.25) is 27.7 Å². The van der Waals surface area contributed by atoms with E-state index >= 15 is 0 Å². The fourth-order valence-corrected chi connectivity index (χ4v) is 12.3. The van der Waals surface area contributed by atoms with Crippen molar-refractivity contribution in [3.8, 4) is 0 Å². The summed E-state index contributed by atoms with van der Waals surface area (Å²) in [7, 11) is -9.77. The zero-order valence-electron chi connectivity index (χ0n) is 65.0. The molecule has 2 unspecified atom stereocenters. The number of phosphoric acid groups is 2. The van der Waals surface area contributed by atoms with Gasteiger partial charge in [0.05, 0.1) is 39.6 Å². The van der Waals surface area contributed by atoms with E-state index in [4.69, 9.17) is 37.0 Å². The van der Waals surface area contributed by atoms with Crippen LogP contribution in [0.25, 0.3) is 0 Å². The molecule has 0 bridgehead atoms. The largest absolute Gasteiger partial charge is 0.472 e. The van der Waals surface area contributed by atoms with Crippen molar-refractivity contribution in [1.29, 1.82) is 0 Å². The van der Waals surface area contributed by atoms with E-state index < -0.39 is 72.3 Å². The molecule has 17 nitrogen and oxygen atoms in total. The summed E-state index contributed by atoms with van der Waals surface area (Å²) >= 11 is 0. The van der Waals surface area contributed by atoms with Crippen molar-refractivity contribution >= 4 is 40.2 Å². The Morgan fingerprint density at radius 2 is 0.529 bits per heavy atom. The topological polar surface area (TPSA) is 237 Å². The third-order valence-corrected chi connectivity index (χ3v) is 18.8. The summed E-state index contributed by atoms with van der Waals surface area (Å²) < 4.78 is 69.9. The van der Waals surface area contributed by atoms with Crippen molar-refractivity contribution in [3.05, 3.63) is 122 Å². The summed E-state index contributed by atoms with van der Waals surface area (Å²) in [6.07, 6.45) is 88.6. The van der Waals surface area contributed by atoms with E-state index in [1.807, 2.05) is 12.2 Å². The van der Waals surface area contributed by atoms with Gasteiger partial charge in [-0.25, -0.2) is 9.13 Å². The van der Waals surface area contributed by atoms with Gasteiger partial charge in [-0.05, 0) is 167 Å². The van der Waals surface area contributed by atoms with Crippen molar-refractivity contribution < 1.29 is 80.2 Å². The number of aldehydes is 2. The van der Waals surface area contributed by atoms with Crippen LogP contribution in [0.1, 0.15) is 322 Å². The van der Waals surface area contributed by atoms with Crippen LogP contribution in [0.5, 0.6) is 0 Å². The summed E-state index contributed by atoms with van der Waals surface area (Å²) in [6.45, 7) is 2.25. The van der Waals surface area contributed by atoms with Crippen LogP contribution < -0.4 is 0 Å². The molecular weight excluding hydrogens is 1350 g/mol. The summed E-state index contributed by atoms with van der Waals surface area (Å²) in [5.74, 6) is -1.04. The first-order valence-electron chi connectivity index (χ1n) is 40.7. The number of ether oxygens (including phenoxy) is 4. The molecule has 0 aliphatic heterocycles. The van der Waals surface area contributed by atoms with Gasteiger partial charge in [0.25, 0.3) is 0 Å². The molecule has 104 heavy (non-hydrogen) atoms. The minimum absolute atomic E-state index is 0.0919. The van der Waals surface area contributed by atoms with Crippen molar-refractivity contribution in [1.82, 2.24) is 0 Å². The van der Waals surface area contributed by atoms with Gasteiger partial charge in [0.1, 0.15) is 30.9 Å². The minimum atomic E-state index is -4.88. The molecule has 0 radical (unpaired) electrons. The molecule has 0 amide bonds. The molecule has 0 spiro atoms. The highest BCUT2D eigenvalue weighted by Crippen LogP contribution is 2.45. The van der Waals surface area contributed by atoms with Crippen molar-refractivity contribution in [3.63, 3.8) is 0 Å². The fraction of sp³-hybridized carbons (Fsp3) is 0.718.